The van der Waals surface area contributed by atoms with Gasteiger partial charge >= 0.3 is 0 Å². The van der Waals surface area contributed by atoms with Crippen LogP contribution in [-0.4, -0.2) is 30.0 Å². The lowest BCUT2D eigenvalue weighted by atomic mass is 9.80. The van der Waals surface area contributed by atoms with E-state index in [0.29, 0.717) is 11.2 Å². The molecule has 170 valence electrons. The van der Waals surface area contributed by atoms with E-state index in [1.807, 2.05) is 78.9 Å². The van der Waals surface area contributed by atoms with Gasteiger partial charge in [0.2, 0.25) is 0 Å². The lowest BCUT2D eigenvalue weighted by molar-refractivity contribution is -0.121. The van der Waals surface area contributed by atoms with Gasteiger partial charge in [0.1, 0.15) is 10.7 Å². The number of Topliss-reactive ketones (excluding diaryl/α,β-unsaturated/α-hetero) is 1. The van der Waals surface area contributed by atoms with Crippen LogP contribution in [0.25, 0.3) is 16.6 Å². The van der Waals surface area contributed by atoms with Crippen molar-refractivity contribution in [3.05, 3.63) is 114 Å². The van der Waals surface area contributed by atoms with Gasteiger partial charge in [0.05, 0.1) is 11.2 Å². The first-order valence-corrected chi connectivity index (χ1v) is 12.6. The highest BCUT2D eigenvalue weighted by atomic mass is 32.2. The number of hydrogen-bond donors (Lipinski definition) is 0. The fraction of sp³-hybridized carbons (Fsp3) is 0.143. The number of aromatic nitrogens is 1. The molecule has 0 spiro atoms. The summed E-state index contributed by atoms with van der Waals surface area (Å²) in [4.78, 5) is 17.3. The first kappa shape index (κ1) is 22.0. The number of rotatable bonds is 5. The maximum absolute atomic E-state index is 14.1. The van der Waals surface area contributed by atoms with Crippen molar-refractivity contribution in [2.45, 2.75) is 17.7 Å². The van der Waals surface area contributed by atoms with Crippen molar-refractivity contribution < 1.29 is 13.2 Å². The molecule has 0 N–H and O–H groups in total. The van der Waals surface area contributed by atoms with Gasteiger partial charge in [-0.15, -0.1) is 0 Å². The molecule has 2 atom stereocenters. The summed E-state index contributed by atoms with van der Waals surface area (Å²) >= 11 is 0. The summed E-state index contributed by atoms with van der Waals surface area (Å²) in [5.41, 5.74) is 2.75. The van der Waals surface area contributed by atoms with Crippen LogP contribution in [0.1, 0.15) is 24.0 Å². The summed E-state index contributed by atoms with van der Waals surface area (Å²) in [6.45, 7) is 1.59. The Balaban J connectivity index is 1.72. The third-order valence-electron chi connectivity index (χ3n) is 6.34. The topological polar surface area (TPSA) is 67.3 Å². The largest absolute Gasteiger partial charge is 0.300 e. The van der Waals surface area contributed by atoms with E-state index in [4.69, 9.17) is 0 Å². The van der Waals surface area contributed by atoms with Gasteiger partial charge < -0.3 is 0 Å². The molecule has 0 amide bonds. The second-order valence-electron chi connectivity index (χ2n) is 8.44. The van der Waals surface area contributed by atoms with Crippen LogP contribution in [-0.2, 0) is 14.8 Å². The highest BCUT2D eigenvalue weighted by molar-refractivity contribution is 7.89. The SMILES string of the molecule is CC(=O)[C@H]1CN(S(=O)(=O)c2cccc3cccnc23)C(c2ccccc2)=C[C@@H]1c1ccccc1. The van der Waals surface area contributed by atoms with E-state index in [1.54, 1.807) is 24.4 Å². The third kappa shape index (κ3) is 3.90. The molecular formula is C28H24N2O3S. The van der Waals surface area contributed by atoms with Gasteiger partial charge in [0, 0.05) is 30.0 Å². The minimum absolute atomic E-state index is 0.0477. The fourth-order valence-electron chi connectivity index (χ4n) is 4.62. The minimum atomic E-state index is -4.01. The maximum Gasteiger partial charge on any atom is 0.266 e. The predicted octanol–water partition coefficient (Wildman–Crippen LogP) is 5.27. The molecule has 34 heavy (non-hydrogen) atoms. The van der Waals surface area contributed by atoms with Gasteiger partial charge in [-0.2, -0.15) is 0 Å². The Morgan fingerprint density at radius 3 is 2.26 bits per heavy atom. The van der Waals surface area contributed by atoms with Crippen molar-refractivity contribution in [1.82, 2.24) is 9.29 Å². The molecule has 0 unspecified atom stereocenters. The van der Waals surface area contributed by atoms with E-state index >= 15 is 0 Å². The zero-order valence-electron chi connectivity index (χ0n) is 18.7. The molecule has 3 aromatic carbocycles. The number of sulfonamides is 1. The summed E-state index contributed by atoms with van der Waals surface area (Å²) in [5, 5.41) is 0.746. The average molecular weight is 469 g/mol. The number of carbonyl (C=O) groups excluding carboxylic acids is 1. The smallest absolute Gasteiger partial charge is 0.266 e. The van der Waals surface area contributed by atoms with Gasteiger partial charge in [-0.1, -0.05) is 84.9 Å². The number of fused-ring (bicyclic) bond motifs is 1. The summed E-state index contributed by atoms with van der Waals surface area (Å²) in [7, 11) is -4.01. The van der Waals surface area contributed by atoms with Crippen LogP contribution < -0.4 is 0 Å². The Bertz CT molecular complexity index is 1480. The first-order chi connectivity index (χ1) is 16.5. The minimum Gasteiger partial charge on any atom is -0.300 e. The molecule has 4 aromatic rings. The molecule has 5 rings (SSSR count). The maximum atomic E-state index is 14.1. The van der Waals surface area contributed by atoms with Crippen molar-refractivity contribution in [2.75, 3.05) is 6.54 Å². The Morgan fingerprint density at radius 1 is 0.882 bits per heavy atom. The van der Waals surface area contributed by atoms with Crippen LogP contribution in [0.4, 0.5) is 0 Å². The van der Waals surface area contributed by atoms with Crippen LogP contribution >= 0.6 is 0 Å². The van der Waals surface area contributed by atoms with Crippen molar-refractivity contribution in [2.24, 2.45) is 5.92 Å². The molecule has 1 aromatic heterocycles. The van der Waals surface area contributed by atoms with Crippen molar-refractivity contribution >= 4 is 32.4 Å². The van der Waals surface area contributed by atoms with Crippen LogP contribution in [0.3, 0.4) is 0 Å². The van der Waals surface area contributed by atoms with Crippen molar-refractivity contribution in [3.8, 4) is 0 Å². The van der Waals surface area contributed by atoms with E-state index in [9.17, 15) is 13.2 Å². The predicted molar refractivity (Wildman–Crippen MR) is 133 cm³/mol. The molecular weight excluding hydrogens is 444 g/mol. The number of hydrogen-bond acceptors (Lipinski definition) is 4. The molecule has 0 radical (unpaired) electrons. The van der Waals surface area contributed by atoms with Gasteiger partial charge in [-0.25, -0.2) is 8.42 Å². The van der Waals surface area contributed by atoms with E-state index < -0.39 is 15.9 Å². The molecule has 0 fully saturated rings. The van der Waals surface area contributed by atoms with Gasteiger partial charge in [-0.05, 0) is 30.2 Å². The molecule has 5 nitrogen and oxygen atoms in total. The second-order valence-corrected chi connectivity index (χ2v) is 10.3. The molecule has 0 aliphatic carbocycles. The Labute approximate surface area is 199 Å². The quantitative estimate of drug-likeness (QED) is 0.400. The molecule has 1 aliphatic rings. The van der Waals surface area contributed by atoms with E-state index in [2.05, 4.69) is 4.98 Å². The molecule has 0 bridgehead atoms. The third-order valence-corrected chi connectivity index (χ3v) is 8.15. The summed E-state index contributed by atoms with van der Waals surface area (Å²) in [6, 6.07) is 28.0. The molecule has 0 saturated carbocycles. The van der Waals surface area contributed by atoms with Crippen LogP contribution in [0.2, 0.25) is 0 Å². The lowest BCUT2D eigenvalue weighted by Gasteiger charge is -2.38. The Hall–Kier alpha value is -3.77. The van der Waals surface area contributed by atoms with E-state index in [-0.39, 0.29) is 23.1 Å². The van der Waals surface area contributed by atoms with Crippen LogP contribution in [0.5, 0.6) is 0 Å². The molecule has 2 heterocycles. The number of nitrogens with zero attached hydrogens (tertiary/aromatic N) is 2. The first-order valence-electron chi connectivity index (χ1n) is 11.2. The fourth-order valence-corrected chi connectivity index (χ4v) is 6.31. The number of carbonyl (C=O) groups is 1. The highest BCUT2D eigenvalue weighted by Gasteiger charge is 2.39. The normalized spacial score (nSPS) is 18.5. The van der Waals surface area contributed by atoms with Crippen LogP contribution in [0, 0.1) is 5.92 Å². The number of allylic oxidation sites excluding steroid dienone is 1. The lowest BCUT2D eigenvalue weighted by Crippen LogP contribution is -2.41. The highest BCUT2D eigenvalue weighted by Crippen LogP contribution is 2.41. The average Bonchev–Trinajstić information content (AvgIpc) is 2.88. The monoisotopic (exact) mass is 468 g/mol. The molecule has 1 aliphatic heterocycles. The number of pyridine rings is 1. The second kappa shape index (κ2) is 8.88. The zero-order valence-corrected chi connectivity index (χ0v) is 19.5. The zero-order chi connectivity index (χ0) is 23.7. The van der Waals surface area contributed by atoms with Crippen molar-refractivity contribution in [3.63, 3.8) is 0 Å². The van der Waals surface area contributed by atoms with Gasteiger partial charge in [0.25, 0.3) is 10.0 Å². The number of para-hydroxylation sites is 1. The Kier molecular flexibility index (Phi) is 5.75. The van der Waals surface area contributed by atoms with Gasteiger partial charge in [0.15, 0.2) is 0 Å². The molecule has 0 saturated heterocycles. The molecule has 6 heteroatoms. The number of ketones is 1. The number of benzene rings is 3. The van der Waals surface area contributed by atoms with Crippen LogP contribution in [0.15, 0.2) is 108 Å². The van der Waals surface area contributed by atoms with Crippen molar-refractivity contribution in [1.29, 1.82) is 0 Å². The van der Waals surface area contributed by atoms with E-state index in [1.165, 1.54) is 11.2 Å². The van der Waals surface area contributed by atoms with Gasteiger partial charge in [-0.3, -0.25) is 14.1 Å². The Morgan fingerprint density at radius 2 is 1.56 bits per heavy atom. The standard InChI is InChI=1S/C28H24N2O3S/c1-20(31)25-19-30(34(32,33)27-16-8-14-23-15-9-17-29-28(23)27)26(22-12-6-3-7-13-22)18-24(25)21-10-4-2-5-11-21/h2-18,24-25H,19H2,1H3/t24-,25-/m1/s1. The van der Waals surface area contributed by atoms with E-state index in [0.717, 1.165) is 16.5 Å². The summed E-state index contributed by atoms with van der Waals surface area (Å²) in [6.07, 6.45) is 3.52. The summed E-state index contributed by atoms with van der Waals surface area (Å²) < 4.78 is 29.6. The summed E-state index contributed by atoms with van der Waals surface area (Å²) in [5.74, 6) is -0.785.